The maximum Gasteiger partial charge on any atom is 0.319 e. The Morgan fingerprint density at radius 2 is 2.22 bits per heavy atom. The summed E-state index contributed by atoms with van der Waals surface area (Å²) in [7, 11) is 0. The van der Waals surface area contributed by atoms with E-state index in [-0.39, 0.29) is 6.03 Å². The highest BCUT2D eigenvalue weighted by Crippen LogP contribution is 2.37. The molecular weight excluding hydrogens is 356 g/mol. The lowest BCUT2D eigenvalue weighted by Crippen LogP contribution is -2.30. The second-order valence-corrected chi connectivity index (χ2v) is 5.98. The molecule has 0 atom stereocenters. The van der Waals surface area contributed by atoms with Crippen LogP contribution in [0.1, 0.15) is 18.2 Å². The molecule has 3 rings (SSSR count). The van der Waals surface area contributed by atoms with E-state index in [2.05, 4.69) is 43.5 Å². The smallest absolute Gasteiger partial charge is 0.319 e. The Morgan fingerprint density at radius 3 is 2.96 bits per heavy atom. The molecule has 2 amide bonds. The first kappa shape index (κ1) is 15.6. The quantitative estimate of drug-likeness (QED) is 0.692. The lowest BCUT2D eigenvalue weighted by Gasteiger charge is -2.09. The largest absolute Gasteiger partial charge is 0.361 e. The summed E-state index contributed by atoms with van der Waals surface area (Å²) in [5.41, 5.74) is 5.93. The summed E-state index contributed by atoms with van der Waals surface area (Å²) < 4.78 is 0. The number of anilines is 1. The number of rotatable bonds is 4. The van der Waals surface area contributed by atoms with Gasteiger partial charge in [-0.2, -0.15) is 0 Å². The van der Waals surface area contributed by atoms with Gasteiger partial charge in [0.2, 0.25) is 0 Å². The number of halogens is 1. The molecule has 2 aromatic rings. The molecule has 0 bridgehead atoms. The van der Waals surface area contributed by atoms with Gasteiger partial charge in [0.25, 0.3) is 0 Å². The van der Waals surface area contributed by atoms with Crippen LogP contribution in [0.4, 0.5) is 16.2 Å². The fourth-order valence-corrected chi connectivity index (χ4v) is 2.69. The average Bonchev–Trinajstić information content (AvgIpc) is 3.21. The molecule has 3 N–H and O–H groups in total. The fraction of sp³-hybridized carbons (Fsp3) is 0.176. The Labute approximate surface area is 143 Å². The predicted molar refractivity (Wildman–Crippen MR) is 98.7 cm³/mol. The molecule has 1 aromatic heterocycles. The molecule has 23 heavy (non-hydrogen) atoms. The molecule has 0 unspecified atom stereocenters. The number of alkyl halides is 1. The van der Waals surface area contributed by atoms with Gasteiger partial charge in [-0.05, 0) is 42.8 Å². The van der Waals surface area contributed by atoms with E-state index < -0.39 is 0 Å². The molecule has 0 saturated carbocycles. The predicted octanol–water partition coefficient (Wildman–Crippen LogP) is 4.18. The summed E-state index contributed by atoms with van der Waals surface area (Å²) >= 11 is 3.28. The number of benzene rings is 1. The van der Waals surface area contributed by atoms with Crippen LogP contribution in [0.25, 0.3) is 11.1 Å². The number of H-pyrrole nitrogens is 1. The maximum absolute atomic E-state index is 11.8. The molecule has 0 saturated heterocycles. The Balaban J connectivity index is 1.87. The molecule has 0 aliphatic carbocycles. The Bertz CT molecular complexity index is 778. The molecule has 6 heteroatoms. The minimum atomic E-state index is -0.213. The van der Waals surface area contributed by atoms with Gasteiger partial charge in [0.15, 0.2) is 0 Å². The van der Waals surface area contributed by atoms with E-state index in [4.69, 9.17) is 0 Å². The van der Waals surface area contributed by atoms with Crippen LogP contribution in [0.3, 0.4) is 0 Å². The number of aromatic nitrogens is 1. The number of nitrogens with zero attached hydrogens (tertiary/aromatic N) is 1. The molecule has 118 valence electrons. The second kappa shape index (κ2) is 6.83. The maximum atomic E-state index is 11.8. The highest BCUT2D eigenvalue weighted by atomic mass is 79.9. The summed E-state index contributed by atoms with van der Waals surface area (Å²) in [5.74, 6) is 0. The van der Waals surface area contributed by atoms with Crippen molar-refractivity contribution in [1.29, 1.82) is 0 Å². The first-order valence-electron chi connectivity index (χ1n) is 7.33. The number of fused-ring (bicyclic) bond motifs is 1. The van der Waals surface area contributed by atoms with Gasteiger partial charge in [0, 0.05) is 46.8 Å². The SMILES string of the molecule is CC(=C1C=Nc2ccc(NC(=O)NCCBr)cc21)c1ccc[nH]1. The number of nitrogens with one attached hydrogen (secondary N) is 3. The number of hydrogen-bond acceptors (Lipinski definition) is 2. The van der Waals surface area contributed by atoms with Crippen molar-refractivity contribution in [3.8, 4) is 0 Å². The summed E-state index contributed by atoms with van der Waals surface area (Å²) in [6.45, 7) is 2.64. The van der Waals surface area contributed by atoms with Gasteiger partial charge < -0.3 is 15.6 Å². The third-order valence-corrected chi connectivity index (χ3v) is 4.06. The number of aliphatic imine (C=N–C) groups is 1. The lowest BCUT2D eigenvalue weighted by atomic mass is 10.00. The summed E-state index contributed by atoms with van der Waals surface area (Å²) in [4.78, 5) is 19.4. The van der Waals surface area contributed by atoms with E-state index in [9.17, 15) is 4.79 Å². The zero-order chi connectivity index (χ0) is 16.2. The summed E-state index contributed by atoms with van der Waals surface area (Å²) in [6, 6.07) is 9.52. The highest BCUT2D eigenvalue weighted by Gasteiger charge is 2.16. The van der Waals surface area contributed by atoms with Gasteiger partial charge in [0.1, 0.15) is 0 Å². The van der Waals surface area contributed by atoms with Crippen molar-refractivity contribution >= 4 is 50.7 Å². The van der Waals surface area contributed by atoms with E-state index in [1.54, 1.807) is 0 Å². The van der Waals surface area contributed by atoms with Crippen molar-refractivity contribution in [2.75, 3.05) is 17.2 Å². The summed E-state index contributed by atoms with van der Waals surface area (Å²) in [6.07, 6.45) is 3.77. The van der Waals surface area contributed by atoms with Crippen LogP contribution in [0.15, 0.2) is 41.5 Å². The normalized spacial score (nSPS) is 14.5. The van der Waals surface area contributed by atoms with Crippen molar-refractivity contribution in [1.82, 2.24) is 10.3 Å². The van der Waals surface area contributed by atoms with Gasteiger partial charge in [0.05, 0.1) is 5.69 Å². The molecule has 5 nitrogen and oxygen atoms in total. The molecule has 1 aromatic carbocycles. The van der Waals surface area contributed by atoms with Gasteiger partial charge in [-0.3, -0.25) is 4.99 Å². The van der Waals surface area contributed by atoms with Crippen LogP contribution in [-0.4, -0.2) is 29.1 Å². The topological polar surface area (TPSA) is 69.3 Å². The molecule has 1 aliphatic heterocycles. The van der Waals surface area contributed by atoms with Crippen molar-refractivity contribution in [3.63, 3.8) is 0 Å². The standard InChI is InChI=1S/C17H17BrN4O/c1-11(15-3-2-7-19-15)14-10-21-16-5-4-12(9-13(14)16)22-17(23)20-8-6-18/h2-5,7,9-10,19H,6,8H2,1H3,(H2,20,22,23). The first-order valence-corrected chi connectivity index (χ1v) is 8.45. The minimum Gasteiger partial charge on any atom is -0.361 e. The van der Waals surface area contributed by atoms with Crippen LogP contribution < -0.4 is 10.6 Å². The van der Waals surface area contributed by atoms with E-state index in [1.807, 2.05) is 42.7 Å². The molecular formula is C17H17BrN4O. The van der Waals surface area contributed by atoms with Crippen LogP contribution >= 0.6 is 15.9 Å². The van der Waals surface area contributed by atoms with Crippen LogP contribution in [0, 0.1) is 0 Å². The van der Waals surface area contributed by atoms with Crippen molar-refractivity contribution in [2.45, 2.75) is 6.92 Å². The van der Waals surface area contributed by atoms with E-state index in [1.165, 1.54) is 0 Å². The Hall–Kier alpha value is -2.34. The van der Waals surface area contributed by atoms with Crippen LogP contribution in [0.2, 0.25) is 0 Å². The lowest BCUT2D eigenvalue weighted by molar-refractivity contribution is 0.252. The Morgan fingerprint density at radius 1 is 1.35 bits per heavy atom. The molecule has 0 radical (unpaired) electrons. The van der Waals surface area contributed by atoms with Gasteiger partial charge in [-0.15, -0.1) is 0 Å². The average molecular weight is 373 g/mol. The van der Waals surface area contributed by atoms with E-state index in [0.717, 1.165) is 39.1 Å². The van der Waals surface area contributed by atoms with Gasteiger partial charge in [-0.1, -0.05) is 15.9 Å². The molecule has 1 aliphatic rings. The van der Waals surface area contributed by atoms with Crippen molar-refractivity contribution in [3.05, 3.63) is 47.8 Å². The third kappa shape index (κ3) is 3.37. The number of carbonyl (C=O) groups excluding carboxylic acids is 1. The zero-order valence-corrected chi connectivity index (χ0v) is 14.3. The number of carbonyl (C=O) groups is 1. The zero-order valence-electron chi connectivity index (χ0n) is 12.7. The highest BCUT2D eigenvalue weighted by molar-refractivity contribution is 9.09. The monoisotopic (exact) mass is 372 g/mol. The van der Waals surface area contributed by atoms with E-state index in [0.29, 0.717) is 6.54 Å². The summed E-state index contributed by atoms with van der Waals surface area (Å²) in [5, 5.41) is 6.33. The molecule has 0 fully saturated rings. The number of hydrogen-bond donors (Lipinski definition) is 3. The fourth-order valence-electron chi connectivity index (χ4n) is 2.49. The van der Waals surface area contributed by atoms with Gasteiger partial charge in [-0.25, -0.2) is 4.79 Å². The van der Waals surface area contributed by atoms with Crippen molar-refractivity contribution < 1.29 is 4.79 Å². The van der Waals surface area contributed by atoms with Crippen LogP contribution in [0.5, 0.6) is 0 Å². The van der Waals surface area contributed by atoms with Gasteiger partial charge >= 0.3 is 6.03 Å². The number of aromatic amines is 1. The molecule has 2 heterocycles. The molecule has 0 spiro atoms. The third-order valence-electron chi connectivity index (χ3n) is 3.66. The number of amides is 2. The number of allylic oxidation sites excluding steroid dienone is 2. The first-order chi connectivity index (χ1) is 11.2. The van der Waals surface area contributed by atoms with E-state index >= 15 is 0 Å². The van der Waals surface area contributed by atoms with Crippen molar-refractivity contribution in [2.24, 2.45) is 4.99 Å². The number of urea groups is 1. The Kier molecular flexibility index (Phi) is 4.62. The second-order valence-electron chi connectivity index (χ2n) is 5.18. The minimum absolute atomic E-state index is 0.213. The van der Waals surface area contributed by atoms with Crippen LogP contribution in [-0.2, 0) is 0 Å².